The molecule has 2 aromatic heterocycles. The van der Waals surface area contributed by atoms with E-state index in [2.05, 4.69) is 14.7 Å². The lowest BCUT2D eigenvalue weighted by atomic mass is 10.1. The van der Waals surface area contributed by atoms with Gasteiger partial charge in [0.05, 0.1) is 4.88 Å². The van der Waals surface area contributed by atoms with Crippen LogP contribution in [0.25, 0.3) is 10.7 Å². The first-order valence-corrected chi connectivity index (χ1v) is 9.59. The molecule has 0 aliphatic carbocycles. The van der Waals surface area contributed by atoms with E-state index in [0.717, 1.165) is 27.5 Å². The number of carbonyl (C=O) groups excluding carboxylic acids is 1. The van der Waals surface area contributed by atoms with Gasteiger partial charge < -0.3 is 4.74 Å². The Bertz CT molecular complexity index is 870. The van der Waals surface area contributed by atoms with Crippen molar-refractivity contribution in [2.75, 3.05) is 5.32 Å². The van der Waals surface area contributed by atoms with Crippen LogP contribution in [0.15, 0.2) is 29.6 Å². The number of aromatic nitrogens is 2. The van der Waals surface area contributed by atoms with Gasteiger partial charge in [0.1, 0.15) is 5.75 Å². The zero-order valence-electron chi connectivity index (χ0n) is 13.9. The number of aryl methyl sites for hydroxylation is 2. The van der Waals surface area contributed by atoms with Gasteiger partial charge in [0.15, 0.2) is 11.9 Å². The van der Waals surface area contributed by atoms with Crippen LogP contribution >= 0.6 is 34.5 Å². The van der Waals surface area contributed by atoms with Crippen LogP contribution in [0.2, 0.25) is 5.02 Å². The van der Waals surface area contributed by atoms with E-state index >= 15 is 0 Å². The third-order valence-electron chi connectivity index (χ3n) is 3.49. The average molecular weight is 394 g/mol. The minimum Gasteiger partial charge on any atom is -0.481 e. The second-order valence-corrected chi connectivity index (χ2v) is 7.60. The Hall–Kier alpha value is -1.96. The molecule has 0 spiro atoms. The summed E-state index contributed by atoms with van der Waals surface area (Å²) in [5, 5.41) is 5.86. The van der Waals surface area contributed by atoms with Gasteiger partial charge in [-0.1, -0.05) is 17.7 Å². The fourth-order valence-corrected chi connectivity index (χ4v) is 3.63. The molecule has 130 valence electrons. The highest BCUT2D eigenvalue weighted by Crippen LogP contribution is 2.27. The quantitative estimate of drug-likeness (QED) is 0.666. The molecule has 2 heterocycles. The van der Waals surface area contributed by atoms with Crippen LogP contribution in [0.3, 0.4) is 0 Å². The van der Waals surface area contributed by atoms with Gasteiger partial charge >= 0.3 is 0 Å². The third-order valence-corrected chi connectivity index (χ3v) is 5.58. The number of amides is 1. The zero-order chi connectivity index (χ0) is 18.0. The second-order valence-electron chi connectivity index (χ2n) is 5.52. The molecule has 8 heteroatoms. The smallest absolute Gasteiger partial charge is 0.266 e. The summed E-state index contributed by atoms with van der Waals surface area (Å²) < 4.78 is 9.99. The van der Waals surface area contributed by atoms with Crippen LogP contribution in [-0.4, -0.2) is 21.4 Å². The van der Waals surface area contributed by atoms with Crippen molar-refractivity contribution in [3.63, 3.8) is 0 Å². The van der Waals surface area contributed by atoms with Gasteiger partial charge in [0.2, 0.25) is 5.13 Å². The predicted octanol–water partition coefficient (Wildman–Crippen LogP) is 4.94. The van der Waals surface area contributed by atoms with E-state index in [4.69, 9.17) is 16.3 Å². The zero-order valence-corrected chi connectivity index (χ0v) is 16.3. The fourth-order valence-electron chi connectivity index (χ4n) is 2.22. The molecule has 0 saturated heterocycles. The predicted molar refractivity (Wildman–Crippen MR) is 103 cm³/mol. The molecule has 0 aliphatic heterocycles. The summed E-state index contributed by atoms with van der Waals surface area (Å²) in [7, 11) is 0. The van der Waals surface area contributed by atoms with E-state index in [0.29, 0.717) is 21.7 Å². The number of hydrogen-bond acceptors (Lipinski definition) is 6. The first kappa shape index (κ1) is 17.8. The van der Waals surface area contributed by atoms with Crippen molar-refractivity contribution in [1.82, 2.24) is 9.36 Å². The van der Waals surface area contributed by atoms with Gasteiger partial charge in [-0.25, -0.2) is 0 Å². The monoisotopic (exact) mass is 393 g/mol. The first-order chi connectivity index (χ1) is 11.9. The molecule has 3 aromatic rings. The number of carbonyl (C=O) groups is 1. The maximum Gasteiger partial charge on any atom is 0.266 e. The second kappa shape index (κ2) is 7.51. The van der Waals surface area contributed by atoms with Crippen molar-refractivity contribution >= 4 is 45.5 Å². The lowest BCUT2D eigenvalue weighted by molar-refractivity contribution is -0.122. The number of halogens is 1. The van der Waals surface area contributed by atoms with E-state index in [1.807, 2.05) is 43.5 Å². The average Bonchev–Trinajstić information content (AvgIpc) is 3.23. The van der Waals surface area contributed by atoms with Crippen molar-refractivity contribution in [2.24, 2.45) is 0 Å². The van der Waals surface area contributed by atoms with Crippen molar-refractivity contribution in [2.45, 2.75) is 26.9 Å². The van der Waals surface area contributed by atoms with Gasteiger partial charge in [-0.15, -0.1) is 11.3 Å². The summed E-state index contributed by atoms with van der Waals surface area (Å²) in [5.41, 5.74) is 1.82. The first-order valence-electron chi connectivity index (χ1n) is 7.56. The molecular weight excluding hydrogens is 378 g/mol. The molecule has 1 atom stereocenters. The van der Waals surface area contributed by atoms with Crippen molar-refractivity contribution in [1.29, 1.82) is 0 Å². The van der Waals surface area contributed by atoms with Crippen LogP contribution in [0.1, 0.15) is 18.1 Å². The van der Waals surface area contributed by atoms with Crippen LogP contribution in [0.5, 0.6) is 5.75 Å². The standard InChI is InChI=1S/C17H16ClN3O2S2/c1-9-7-12(8-10(2)14(9)18)23-11(3)16(22)20-17-19-15(21-25-17)13-5-4-6-24-13/h4-8,11H,1-3H3,(H,19,20,21,22)/t11-/m0/s1. The molecule has 0 bridgehead atoms. The minimum absolute atomic E-state index is 0.279. The molecular formula is C17H16ClN3O2S2. The molecule has 5 nitrogen and oxygen atoms in total. The molecule has 0 radical (unpaired) electrons. The van der Waals surface area contributed by atoms with E-state index in [9.17, 15) is 4.79 Å². The normalized spacial score (nSPS) is 12.0. The molecule has 1 amide bonds. The SMILES string of the molecule is Cc1cc(O[C@@H](C)C(=O)Nc2nc(-c3cccs3)ns2)cc(C)c1Cl. The Labute approximate surface area is 158 Å². The molecule has 1 N–H and O–H groups in total. The topological polar surface area (TPSA) is 64.1 Å². The molecule has 0 fully saturated rings. The van der Waals surface area contributed by atoms with Gasteiger partial charge in [0, 0.05) is 16.6 Å². The summed E-state index contributed by atoms with van der Waals surface area (Å²) in [6.45, 7) is 5.50. The van der Waals surface area contributed by atoms with Crippen LogP contribution in [0, 0.1) is 13.8 Å². The van der Waals surface area contributed by atoms with E-state index in [1.54, 1.807) is 18.3 Å². The lowest BCUT2D eigenvalue weighted by Gasteiger charge is -2.15. The number of ether oxygens (including phenoxy) is 1. The largest absolute Gasteiger partial charge is 0.481 e. The molecule has 3 rings (SSSR count). The van der Waals surface area contributed by atoms with Crippen molar-refractivity contribution in [3.8, 4) is 16.5 Å². The Morgan fingerprint density at radius 1 is 1.32 bits per heavy atom. The highest BCUT2D eigenvalue weighted by Gasteiger charge is 2.18. The van der Waals surface area contributed by atoms with Crippen molar-refractivity contribution < 1.29 is 9.53 Å². The maximum absolute atomic E-state index is 12.3. The Morgan fingerprint density at radius 3 is 2.68 bits per heavy atom. The fraction of sp³-hybridized carbons (Fsp3) is 0.235. The number of rotatable bonds is 5. The van der Waals surface area contributed by atoms with Gasteiger partial charge in [-0.2, -0.15) is 9.36 Å². The van der Waals surface area contributed by atoms with Gasteiger partial charge in [-0.3, -0.25) is 10.1 Å². The van der Waals surface area contributed by atoms with Crippen LogP contribution in [0.4, 0.5) is 5.13 Å². The van der Waals surface area contributed by atoms with E-state index in [1.165, 1.54) is 0 Å². The highest BCUT2D eigenvalue weighted by molar-refractivity contribution is 7.14. The van der Waals surface area contributed by atoms with Crippen molar-refractivity contribution in [3.05, 3.63) is 45.8 Å². The summed E-state index contributed by atoms with van der Waals surface area (Å²) in [6.07, 6.45) is -0.672. The molecule has 0 saturated carbocycles. The number of thiophene rings is 1. The number of nitrogens with one attached hydrogen (secondary N) is 1. The Balaban J connectivity index is 1.65. The summed E-state index contributed by atoms with van der Waals surface area (Å²) in [6, 6.07) is 7.51. The van der Waals surface area contributed by atoms with Gasteiger partial charge in [-0.05, 0) is 55.5 Å². The number of benzene rings is 1. The van der Waals surface area contributed by atoms with Crippen LogP contribution in [-0.2, 0) is 4.79 Å². The summed E-state index contributed by atoms with van der Waals surface area (Å²) in [4.78, 5) is 17.6. The molecule has 25 heavy (non-hydrogen) atoms. The number of nitrogens with zero attached hydrogens (tertiary/aromatic N) is 2. The molecule has 0 aliphatic rings. The number of hydrogen-bond donors (Lipinski definition) is 1. The Kier molecular flexibility index (Phi) is 5.36. The molecule has 1 aromatic carbocycles. The lowest BCUT2D eigenvalue weighted by Crippen LogP contribution is -2.30. The van der Waals surface area contributed by atoms with E-state index < -0.39 is 6.10 Å². The minimum atomic E-state index is -0.672. The van der Waals surface area contributed by atoms with E-state index in [-0.39, 0.29) is 5.91 Å². The van der Waals surface area contributed by atoms with Gasteiger partial charge in [0.25, 0.3) is 5.91 Å². The Morgan fingerprint density at radius 2 is 2.04 bits per heavy atom. The molecule has 0 unspecified atom stereocenters. The maximum atomic E-state index is 12.3. The third kappa shape index (κ3) is 4.18. The summed E-state index contributed by atoms with van der Waals surface area (Å²) >= 11 is 8.85. The summed E-state index contributed by atoms with van der Waals surface area (Å²) in [5.74, 6) is 0.950. The van der Waals surface area contributed by atoms with Crippen LogP contribution < -0.4 is 10.1 Å². The number of anilines is 1. The highest BCUT2D eigenvalue weighted by atomic mass is 35.5.